The number of benzene rings is 2. The van der Waals surface area contributed by atoms with Crippen LogP contribution in [0, 0.1) is 5.92 Å². The first-order valence-electron chi connectivity index (χ1n) is 6.54. The summed E-state index contributed by atoms with van der Waals surface area (Å²) in [7, 11) is -0.489. The van der Waals surface area contributed by atoms with Gasteiger partial charge in [-0.05, 0) is 40.1 Å². The van der Waals surface area contributed by atoms with Crippen LogP contribution in [0.2, 0.25) is 0 Å². The van der Waals surface area contributed by atoms with Crippen LogP contribution in [0.25, 0.3) is 11.1 Å². The molecular weight excluding hydrogens is 256 g/mol. The van der Waals surface area contributed by atoms with E-state index in [0.717, 1.165) is 0 Å². The molecule has 2 aromatic rings. The summed E-state index contributed by atoms with van der Waals surface area (Å²) in [5.41, 5.74) is 6.45. The van der Waals surface area contributed by atoms with Gasteiger partial charge in [-0.25, -0.2) is 0 Å². The largest absolute Gasteiger partial charge is 0.175 e. The van der Waals surface area contributed by atoms with E-state index in [4.69, 9.17) is 11.1 Å². The Labute approximate surface area is 116 Å². The maximum absolute atomic E-state index is 6.27. The molecule has 2 heteroatoms. The van der Waals surface area contributed by atoms with Crippen molar-refractivity contribution in [2.24, 2.45) is 5.92 Å². The summed E-state index contributed by atoms with van der Waals surface area (Å²) < 4.78 is 0. The van der Waals surface area contributed by atoms with Crippen molar-refractivity contribution in [2.75, 3.05) is 0 Å². The molecule has 92 valence electrons. The Bertz CT molecular complexity index is 550. The number of fused-ring (bicyclic) bond motifs is 1. The predicted octanol–water partition coefficient (Wildman–Crippen LogP) is 3.91. The molecule has 0 bridgehead atoms. The molecule has 0 aromatic heterocycles. The molecule has 0 heterocycles. The molecule has 1 aliphatic rings. The first-order chi connectivity index (χ1) is 8.81. The average Bonchev–Trinajstić information content (AvgIpc) is 2.74. The molecule has 0 aliphatic heterocycles. The minimum Gasteiger partial charge on any atom is -0.175 e. The van der Waals surface area contributed by atoms with Gasteiger partial charge in [0.15, 0.2) is 0 Å². The second kappa shape index (κ2) is 4.91. The summed E-state index contributed by atoms with van der Waals surface area (Å²) in [6.07, 6.45) is 1.19. The molecular formula is C16H17ClSi. The van der Waals surface area contributed by atoms with E-state index in [0.29, 0.717) is 11.5 Å². The normalized spacial score (nSPS) is 22.6. The van der Waals surface area contributed by atoms with E-state index < -0.39 is 8.83 Å². The molecule has 0 saturated carbocycles. The summed E-state index contributed by atoms with van der Waals surface area (Å²) in [5, 5.41) is 0. The zero-order valence-electron chi connectivity index (χ0n) is 10.6. The van der Waals surface area contributed by atoms with Gasteiger partial charge >= 0.3 is 0 Å². The summed E-state index contributed by atoms with van der Waals surface area (Å²) in [6.45, 7) is 2.34. The maximum atomic E-state index is 6.27. The van der Waals surface area contributed by atoms with E-state index in [2.05, 4.69) is 55.5 Å². The molecule has 0 radical (unpaired) electrons. The Morgan fingerprint density at radius 2 is 1.83 bits per heavy atom. The maximum Gasteiger partial charge on any atom is 0.133 e. The van der Waals surface area contributed by atoms with Gasteiger partial charge in [0.2, 0.25) is 0 Å². The van der Waals surface area contributed by atoms with E-state index in [9.17, 15) is 0 Å². The van der Waals surface area contributed by atoms with Crippen molar-refractivity contribution in [1.82, 2.24) is 0 Å². The predicted molar refractivity (Wildman–Crippen MR) is 81.9 cm³/mol. The fourth-order valence-electron chi connectivity index (χ4n) is 3.07. The molecule has 1 aliphatic carbocycles. The van der Waals surface area contributed by atoms with Crippen LogP contribution in [-0.4, -0.2) is 8.83 Å². The van der Waals surface area contributed by atoms with Gasteiger partial charge in [0.05, 0.1) is 0 Å². The zero-order chi connectivity index (χ0) is 12.5. The van der Waals surface area contributed by atoms with E-state index in [1.165, 1.54) is 28.7 Å². The molecule has 2 aromatic carbocycles. The van der Waals surface area contributed by atoms with Crippen LogP contribution in [0.15, 0.2) is 48.5 Å². The van der Waals surface area contributed by atoms with Gasteiger partial charge in [-0.15, -0.1) is 0 Å². The van der Waals surface area contributed by atoms with Crippen molar-refractivity contribution in [1.29, 1.82) is 0 Å². The van der Waals surface area contributed by atoms with Gasteiger partial charge in [0, 0.05) is 0 Å². The van der Waals surface area contributed by atoms with Gasteiger partial charge in [-0.2, -0.15) is 11.1 Å². The highest BCUT2D eigenvalue weighted by molar-refractivity contribution is 6.94. The molecule has 0 nitrogen and oxygen atoms in total. The molecule has 0 spiro atoms. The highest BCUT2D eigenvalue weighted by Gasteiger charge is 2.30. The fraction of sp³-hybridized carbons (Fsp3) is 0.250. The topological polar surface area (TPSA) is 0 Å². The van der Waals surface area contributed by atoms with Crippen molar-refractivity contribution in [3.05, 3.63) is 59.7 Å². The summed E-state index contributed by atoms with van der Waals surface area (Å²) in [6, 6.07) is 17.4. The van der Waals surface area contributed by atoms with Crippen molar-refractivity contribution in [2.45, 2.75) is 18.9 Å². The van der Waals surface area contributed by atoms with Crippen LogP contribution in [0.1, 0.15) is 23.6 Å². The third-order valence-electron chi connectivity index (χ3n) is 4.08. The lowest BCUT2D eigenvalue weighted by molar-refractivity contribution is 0.607. The summed E-state index contributed by atoms with van der Waals surface area (Å²) in [5.74, 6) is 0.717. The van der Waals surface area contributed by atoms with Gasteiger partial charge in [-0.3, -0.25) is 0 Å². The highest BCUT2D eigenvalue weighted by atomic mass is 35.6. The second-order valence-electron chi connectivity index (χ2n) is 5.18. The van der Waals surface area contributed by atoms with Crippen molar-refractivity contribution in [3.63, 3.8) is 0 Å². The molecule has 0 amide bonds. The Morgan fingerprint density at radius 3 is 2.56 bits per heavy atom. The smallest absolute Gasteiger partial charge is 0.133 e. The Hall–Kier alpha value is -1.05. The monoisotopic (exact) mass is 272 g/mol. The van der Waals surface area contributed by atoms with Gasteiger partial charge in [0.25, 0.3) is 0 Å². The Morgan fingerprint density at radius 1 is 1.06 bits per heavy atom. The van der Waals surface area contributed by atoms with Crippen molar-refractivity contribution < 1.29 is 0 Å². The lowest BCUT2D eigenvalue weighted by Gasteiger charge is -2.12. The number of rotatable bonds is 2. The van der Waals surface area contributed by atoms with Crippen molar-refractivity contribution >= 4 is 19.9 Å². The zero-order valence-corrected chi connectivity index (χ0v) is 12.7. The average molecular weight is 273 g/mol. The molecule has 2 unspecified atom stereocenters. The molecule has 3 rings (SSSR count). The third-order valence-corrected chi connectivity index (χ3v) is 6.65. The first-order valence-corrected chi connectivity index (χ1v) is 9.50. The molecule has 0 saturated heterocycles. The van der Waals surface area contributed by atoms with E-state index in [1.807, 2.05) is 0 Å². The second-order valence-corrected chi connectivity index (χ2v) is 7.30. The minimum atomic E-state index is -0.489. The van der Waals surface area contributed by atoms with E-state index in [-0.39, 0.29) is 0 Å². The SMILES string of the molecule is CC1Cc2c(-c3ccccc3)cccc2C1[SiH2]Cl. The van der Waals surface area contributed by atoms with Crippen LogP contribution in [0.5, 0.6) is 0 Å². The van der Waals surface area contributed by atoms with Crippen LogP contribution in [0.3, 0.4) is 0 Å². The molecule has 2 atom stereocenters. The molecule has 0 N–H and O–H groups in total. The van der Waals surface area contributed by atoms with E-state index in [1.54, 1.807) is 0 Å². The summed E-state index contributed by atoms with van der Waals surface area (Å²) >= 11 is 6.27. The minimum absolute atomic E-state index is 0.489. The van der Waals surface area contributed by atoms with Crippen LogP contribution in [0.4, 0.5) is 0 Å². The number of hydrogen-bond acceptors (Lipinski definition) is 0. The van der Waals surface area contributed by atoms with Gasteiger partial charge in [-0.1, -0.05) is 55.5 Å². The van der Waals surface area contributed by atoms with Crippen LogP contribution < -0.4 is 0 Å². The Balaban J connectivity index is 2.13. The summed E-state index contributed by atoms with van der Waals surface area (Å²) in [4.78, 5) is 0. The van der Waals surface area contributed by atoms with E-state index >= 15 is 0 Å². The third kappa shape index (κ3) is 1.92. The van der Waals surface area contributed by atoms with Gasteiger partial charge < -0.3 is 0 Å². The lowest BCUT2D eigenvalue weighted by Crippen LogP contribution is -2.07. The molecule has 0 fully saturated rings. The lowest BCUT2D eigenvalue weighted by atomic mass is 9.97. The quantitative estimate of drug-likeness (QED) is 0.574. The standard InChI is InChI=1S/C16H17ClSi/c1-11-10-15-13(12-6-3-2-4-7-12)8-5-9-14(15)16(11)18-17/h2-9,11,16H,10,18H2,1H3. The van der Waals surface area contributed by atoms with Crippen LogP contribution >= 0.6 is 11.1 Å². The number of halogens is 1. The van der Waals surface area contributed by atoms with Crippen molar-refractivity contribution in [3.8, 4) is 11.1 Å². The molecule has 18 heavy (non-hydrogen) atoms. The fourth-order valence-corrected chi connectivity index (χ4v) is 5.50. The first kappa shape index (κ1) is 12.0. The van der Waals surface area contributed by atoms with Gasteiger partial charge in [0.1, 0.15) is 8.83 Å². The number of hydrogen-bond donors (Lipinski definition) is 0. The highest BCUT2D eigenvalue weighted by Crippen LogP contribution is 2.41. The Kier molecular flexibility index (Phi) is 3.27. The van der Waals surface area contributed by atoms with Crippen LogP contribution in [-0.2, 0) is 6.42 Å².